The van der Waals surface area contributed by atoms with Crippen LogP contribution in [0.25, 0.3) is 10.4 Å². The van der Waals surface area contributed by atoms with E-state index in [9.17, 15) is 9.18 Å². The molecule has 0 spiro atoms. The first-order chi connectivity index (χ1) is 12.6. The number of carbonyl (C=O) groups is 1. The molecule has 0 radical (unpaired) electrons. The molecule has 2 saturated heterocycles. The average molecular weight is 373 g/mol. The van der Waals surface area contributed by atoms with Gasteiger partial charge in [-0.15, -0.1) is 11.3 Å². The highest BCUT2D eigenvalue weighted by atomic mass is 32.1. The molecule has 2 aromatic rings. The van der Waals surface area contributed by atoms with E-state index in [-0.39, 0.29) is 11.7 Å². The molecule has 4 rings (SSSR count). The van der Waals surface area contributed by atoms with Crippen LogP contribution in [0.5, 0.6) is 0 Å². The molecule has 2 fully saturated rings. The minimum atomic E-state index is -0.178. The van der Waals surface area contributed by atoms with E-state index < -0.39 is 0 Å². The third-order valence-corrected chi connectivity index (χ3v) is 6.83. The molecule has 2 aliphatic rings. The molecule has 1 aromatic heterocycles. The standard InChI is InChI=1S/C21H25FN2OS/c1-14-12-19(26-20(14)21(25)24-10-2-3-11-24)17-5-4-16(13-18(17)22)15-6-8-23-9-7-15/h4-5,12-13,15,23H,2-3,6-11H2,1H3. The molecule has 5 heteroatoms. The maximum Gasteiger partial charge on any atom is 0.264 e. The normalized spacial score (nSPS) is 18.5. The smallest absolute Gasteiger partial charge is 0.264 e. The first-order valence-corrected chi connectivity index (χ1v) is 10.4. The van der Waals surface area contributed by atoms with Crippen LogP contribution in [-0.4, -0.2) is 37.0 Å². The van der Waals surface area contributed by atoms with E-state index in [0.717, 1.165) is 72.7 Å². The lowest BCUT2D eigenvalue weighted by Crippen LogP contribution is -2.27. The van der Waals surface area contributed by atoms with Gasteiger partial charge in [0, 0.05) is 23.5 Å². The zero-order chi connectivity index (χ0) is 18.1. The van der Waals surface area contributed by atoms with E-state index in [4.69, 9.17) is 0 Å². The number of hydrogen-bond acceptors (Lipinski definition) is 3. The minimum absolute atomic E-state index is 0.1000. The summed E-state index contributed by atoms with van der Waals surface area (Å²) < 4.78 is 14.8. The Morgan fingerprint density at radius 2 is 1.92 bits per heavy atom. The second-order valence-electron chi connectivity index (χ2n) is 7.39. The van der Waals surface area contributed by atoms with Crippen LogP contribution in [0, 0.1) is 12.7 Å². The van der Waals surface area contributed by atoms with Crippen molar-refractivity contribution in [1.82, 2.24) is 10.2 Å². The van der Waals surface area contributed by atoms with Crippen molar-refractivity contribution in [3.05, 3.63) is 46.1 Å². The Labute approximate surface area is 158 Å². The Hall–Kier alpha value is -1.72. The Bertz CT molecular complexity index is 804. The topological polar surface area (TPSA) is 32.3 Å². The average Bonchev–Trinajstić information content (AvgIpc) is 3.32. The van der Waals surface area contributed by atoms with E-state index >= 15 is 0 Å². The predicted molar refractivity (Wildman–Crippen MR) is 104 cm³/mol. The first-order valence-electron chi connectivity index (χ1n) is 9.54. The molecular weight excluding hydrogens is 347 g/mol. The van der Waals surface area contributed by atoms with Crippen LogP contribution in [0.1, 0.15) is 52.4 Å². The molecule has 1 amide bonds. The van der Waals surface area contributed by atoms with E-state index in [2.05, 4.69) is 11.4 Å². The molecular formula is C21H25FN2OS. The molecule has 138 valence electrons. The zero-order valence-corrected chi connectivity index (χ0v) is 16.0. The van der Waals surface area contributed by atoms with Crippen molar-refractivity contribution >= 4 is 17.2 Å². The van der Waals surface area contributed by atoms with E-state index in [1.807, 2.05) is 24.0 Å². The molecule has 3 nitrogen and oxygen atoms in total. The van der Waals surface area contributed by atoms with Crippen LogP contribution >= 0.6 is 11.3 Å². The number of amides is 1. The van der Waals surface area contributed by atoms with Gasteiger partial charge in [0.15, 0.2) is 0 Å². The molecule has 2 aliphatic heterocycles. The van der Waals surface area contributed by atoms with Crippen LogP contribution in [0.15, 0.2) is 24.3 Å². The third kappa shape index (κ3) is 3.42. The van der Waals surface area contributed by atoms with Gasteiger partial charge in [-0.1, -0.05) is 12.1 Å². The number of rotatable bonds is 3. The monoisotopic (exact) mass is 372 g/mol. The number of likely N-dealkylation sites (tertiary alicyclic amines) is 1. The molecule has 0 saturated carbocycles. The second kappa shape index (κ2) is 7.49. The molecule has 1 aromatic carbocycles. The van der Waals surface area contributed by atoms with Crippen LogP contribution < -0.4 is 5.32 Å². The zero-order valence-electron chi connectivity index (χ0n) is 15.2. The summed E-state index contributed by atoms with van der Waals surface area (Å²) in [6, 6.07) is 7.60. The van der Waals surface area contributed by atoms with Gasteiger partial charge in [-0.05, 0) is 74.9 Å². The van der Waals surface area contributed by atoms with Gasteiger partial charge in [0.25, 0.3) is 5.91 Å². The summed E-state index contributed by atoms with van der Waals surface area (Å²) >= 11 is 1.42. The van der Waals surface area contributed by atoms with Gasteiger partial charge in [0.05, 0.1) is 4.88 Å². The van der Waals surface area contributed by atoms with Crippen molar-refractivity contribution in [2.45, 2.75) is 38.5 Å². The molecule has 3 heterocycles. The number of carbonyl (C=O) groups excluding carboxylic acids is 1. The van der Waals surface area contributed by atoms with E-state index in [1.165, 1.54) is 11.3 Å². The SMILES string of the molecule is Cc1cc(-c2ccc(C3CCNCC3)cc2F)sc1C(=O)N1CCCC1. The minimum Gasteiger partial charge on any atom is -0.338 e. The molecule has 1 N–H and O–H groups in total. The maximum absolute atomic E-state index is 14.8. The predicted octanol–water partition coefficient (Wildman–Crippen LogP) is 4.57. The maximum atomic E-state index is 14.8. The highest BCUT2D eigenvalue weighted by Crippen LogP contribution is 2.36. The number of halogens is 1. The fourth-order valence-corrected chi connectivity index (χ4v) is 5.20. The summed E-state index contributed by atoms with van der Waals surface area (Å²) in [6.07, 6.45) is 4.28. The summed E-state index contributed by atoms with van der Waals surface area (Å²) in [4.78, 5) is 16.2. The number of piperidine rings is 1. The van der Waals surface area contributed by atoms with Gasteiger partial charge in [0.1, 0.15) is 5.82 Å². The summed E-state index contributed by atoms with van der Waals surface area (Å²) in [5, 5.41) is 3.35. The van der Waals surface area contributed by atoms with Crippen LogP contribution in [0.4, 0.5) is 4.39 Å². The van der Waals surface area contributed by atoms with E-state index in [0.29, 0.717) is 11.5 Å². The number of hydrogen-bond donors (Lipinski definition) is 1. The number of aryl methyl sites for hydroxylation is 1. The fourth-order valence-electron chi connectivity index (χ4n) is 4.03. The highest BCUT2D eigenvalue weighted by Gasteiger charge is 2.24. The summed E-state index contributed by atoms with van der Waals surface area (Å²) in [6.45, 7) is 5.63. The molecule has 0 bridgehead atoms. The molecule has 0 unspecified atom stereocenters. The van der Waals surface area contributed by atoms with Crippen LogP contribution in [-0.2, 0) is 0 Å². The lowest BCUT2D eigenvalue weighted by molar-refractivity contribution is 0.0797. The van der Waals surface area contributed by atoms with Crippen molar-refractivity contribution in [2.75, 3.05) is 26.2 Å². The lowest BCUT2D eigenvalue weighted by atomic mass is 9.89. The van der Waals surface area contributed by atoms with Crippen molar-refractivity contribution in [3.63, 3.8) is 0 Å². The Kier molecular flexibility index (Phi) is 5.09. The Balaban J connectivity index is 1.59. The van der Waals surface area contributed by atoms with Crippen molar-refractivity contribution in [1.29, 1.82) is 0 Å². The number of thiophene rings is 1. The summed E-state index contributed by atoms with van der Waals surface area (Å²) in [5.41, 5.74) is 2.65. The number of nitrogens with one attached hydrogen (secondary N) is 1. The number of benzene rings is 1. The first kappa shape index (κ1) is 17.7. The van der Waals surface area contributed by atoms with E-state index in [1.54, 1.807) is 6.07 Å². The van der Waals surface area contributed by atoms with Gasteiger partial charge in [-0.3, -0.25) is 4.79 Å². The molecule has 0 aliphatic carbocycles. The van der Waals surface area contributed by atoms with Gasteiger partial charge in [-0.25, -0.2) is 4.39 Å². The van der Waals surface area contributed by atoms with Gasteiger partial charge >= 0.3 is 0 Å². The quantitative estimate of drug-likeness (QED) is 0.856. The van der Waals surface area contributed by atoms with Gasteiger partial charge in [0.2, 0.25) is 0 Å². The van der Waals surface area contributed by atoms with Crippen LogP contribution in [0.2, 0.25) is 0 Å². The third-order valence-electron chi connectivity index (χ3n) is 5.57. The van der Waals surface area contributed by atoms with Crippen molar-refractivity contribution in [2.24, 2.45) is 0 Å². The summed E-state index contributed by atoms with van der Waals surface area (Å²) in [5.74, 6) is 0.364. The Morgan fingerprint density at radius 1 is 1.19 bits per heavy atom. The number of nitrogens with zero attached hydrogens (tertiary/aromatic N) is 1. The fraction of sp³-hybridized carbons (Fsp3) is 0.476. The van der Waals surface area contributed by atoms with Crippen molar-refractivity contribution in [3.8, 4) is 10.4 Å². The second-order valence-corrected chi connectivity index (χ2v) is 8.44. The largest absolute Gasteiger partial charge is 0.338 e. The summed E-state index contributed by atoms with van der Waals surface area (Å²) in [7, 11) is 0. The van der Waals surface area contributed by atoms with Gasteiger partial charge in [-0.2, -0.15) is 0 Å². The Morgan fingerprint density at radius 3 is 2.62 bits per heavy atom. The lowest BCUT2D eigenvalue weighted by Gasteiger charge is -2.23. The van der Waals surface area contributed by atoms with Gasteiger partial charge < -0.3 is 10.2 Å². The van der Waals surface area contributed by atoms with Crippen LogP contribution in [0.3, 0.4) is 0 Å². The highest BCUT2D eigenvalue weighted by molar-refractivity contribution is 7.17. The van der Waals surface area contributed by atoms with Crippen molar-refractivity contribution < 1.29 is 9.18 Å². The molecule has 0 atom stereocenters. The molecule has 26 heavy (non-hydrogen) atoms.